The highest BCUT2D eigenvalue weighted by Gasteiger charge is 2.47. The third-order valence-corrected chi connectivity index (χ3v) is 7.34. The Hall–Kier alpha value is -3.08. The summed E-state index contributed by atoms with van der Waals surface area (Å²) in [5, 5.41) is 0. The Balaban J connectivity index is 1.99. The molecule has 0 aromatic carbocycles. The van der Waals surface area contributed by atoms with E-state index in [1.165, 1.54) is 26.3 Å². The van der Waals surface area contributed by atoms with Gasteiger partial charge in [-0.05, 0) is 70.8 Å². The fraction of sp³-hybridized carbons (Fsp3) is 0.677. The molecule has 2 aliphatic rings. The summed E-state index contributed by atoms with van der Waals surface area (Å²) in [6.07, 6.45) is 9.59. The number of esters is 4. The number of hydrogen-bond donors (Lipinski definition) is 0. The fourth-order valence-corrected chi connectivity index (χ4v) is 5.52. The van der Waals surface area contributed by atoms with Gasteiger partial charge in [0.25, 0.3) is 0 Å². The molecule has 0 bridgehead atoms. The first-order valence-electron chi connectivity index (χ1n) is 14.0. The molecule has 7 atom stereocenters. The predicted molar refractivity (Wildman–Crippen MR) is 146 cm³/mol. The van der Waals surface area contributed by atoms with Gasteiger partial charge < -0.3 is 18.9 Å². The number of allylic oxidation sites excluding steroid dienone is 2. The van der Waals surface area contributed by atoms with Crippen LogP contribution < -0.4 is 0 Å². The molecular weight excluding hydrogens is 500 g/mol. The highest BCUT2D eigenvalue weighted by atomic mass is 16.6. The maximum atomic E-state index is 12.0. The van der Waals surface area contributed by atoms with Gasteiger partial charge in [0.2, 0.25) is 0 Å². The van der Waals surface area contributed by atoms with Crippen molar-refractivity contribution in [2.24, 2.45) is 23.7 Å². The van der Waals surface area contributed by atoms with Gasteiger partial charge >= 0.3 is 23.9 Å². The van der Waals surface area contributed by atoms with Gasteiger partial charge in [0.15, 0.2) is 6.10 Å². The zero-order valence-electron chi connectivity index (χ0n) is 24.2. The molecule has 2 saturated carbocycles. The van der Waals surface area contributed by atoms with Crippen LogP contribution in [0.25, 0.3) is 0 Å². The molecule has 8 nitrogen and oxygen atoms in total. The van der Waals surface area contributed by atoms with E-state index in [0.29, 0.717) is 24.7 Å². The number of carbonyl (C=O) groups excluding carboxylic acids is 4. The molecule has 0 heterocycles. The average molecular weight is 545 g/mol. The zero-order valence-corrected chi connectivity index (χ0v) is 24.2. The van der Waals surface area contributed by atoms with Gasteiger partial charge in [0, 0.05) is 38.5 Å². The molecule has 8 heteroatoms. The molecule has 1 unspecified atom stereocenters. The first-order valence-corrected chi connectivity index (χ1v) is 14.0. The molecule has 216 valence electrons. The van der Waals surface area contributed by atoms with Crippen molar-refractivity contribution >= 4 is 23.9 Å². The second-order valence-electron chi connectivity index (χ2n) is 10.5. The molecule has 2 rings (SSSR count). The van der Waals surface area contributed by atoms with Crippen LogP contribution in [0.15, 0.2) is 23.8 Å². The van der Waals surface area contributed by atoms with Crippen LogP contribution in [-0.4, -0.2) is 48.8 Å². The lowest BCUT2D eigenvalue weighted by Gasteiger charge is -2.23. The molecule has 0 N–H and O–H groups in total. The number of carbonyl (C=O) groups is 4. The fourth-order valence-electron chi connectivity index (χ4n) is 5.52. The lowest BCUT2D eigenvalue weighted by molar-refractivity contribution is -0.166. The number of hydrogen-bond acceptors (Lipinski definition) is 8. The normalized spacial score (nSPS) is 25.2. The minimum absolute atomic E-state index is 0.0339. The van der Waals surface area contributed by atoms with Crippen molar-refractivity contribution in [1.29, 1.82) is 0 Å². The smallest absolute Gasteiger partial charge is 0.347 e. The molecule has 0 amide bonds. The quantitative estimate of drug-likeness (QED) is 0.104. The van der Waals surface area contributed by atoms with Crippen LogP contribution in [0.5, 0.6) is 0 Å². The SMILES string of the molecule is CC#CCC(C)[C@@H](/C=C/[C@@H]1[C@H]2C/C(=C\CCCC(=O)O[C@H](C)C(=O)OCC)C[C@H]2C[C@H]1OC(C)=O)OC(C)=O. The zero-order chi connectivity index (χ0) is 28.9. The molecular formula is C31H44O8. The van der Waals surface area contributed by atoms with E-state index in [4.69, 9.17) is 18.9 Å². The molecule has 0 saturated heterocycles. The largest absolute Gasteiger partial charge is 0.463 e. The summed E-state index contributed by atoms with van der Waals surface area (Å²) in [6, 6.07) is 0. The Morgan fingerprint density at radius 3 is 2.46 bits per heavy atom. The van der Waals surface area contributed by atoms with Gasteiger partial charge in [0.05, 0.1) is 6.61 Å². The van der Waals surface area contributed by atoms with Crippen molar-refractivity contribution in [3.8, 4) is 11.8 Å². The lowest BCUT2D eigenvalue weighted by Crippen LogP contribution is -2.26. The van der Waals surface area contributed by atoms with Gasteiger partial charge in [-0.15, -0.1) is 11.8 Å². The summed E-state index contributed by atoms with van der Waals surface area (Å²) in [6.45, 7) is 10.1. The third kappa shape index (κ3) is 10.5. The third-order valence-electron chi connectivity index (χ3n) is 7.34. The molecule has 0 radical (unpaired) electrons. The average Bonchev–Trinajstić information content (AvgIpc) is 3.39. The number of fused-ring (bicyclic) bond motifs is 1. The van der Waals surface area contributed by atoms with E-state index in [1.54, 1.807) is 13.8 Å². The van der Waals surface area contributed by atoms with E-state index in [1.807, 2.05) is 13.0 Å². The number of ether oxygens (including phenoxy) is 4. The van der Waals surface area contributed by atoms with Crippen LogP contribution in [0.4, 0.5) is 0 Å². The van der Waals surface area contributed by atoms with Gasteiger partial charge in [-0.1, -0.05) is 24.6 Å². The Morgan fingerprint density at radius 1 is 1.08 bits per heavy atom. The highest BCUT2D eigenvalue weighted by molar-refractivity contribution is 5.79. The topological polar surface area (TPSA) is 105 Å². The maximum Gasteiger partial charge on any atom is 0.347 e. The highest BCUT2D eigenvalue weighted by Crippen LogP contribution is 2.51. The summed E-state index contributed by atoms with van der Waals surface area (Å²) < 4.78 is 21.3. The maximum absolute atomic E-state index is 12.0. The first kappa shape index (κ1) is 32.1. The molecule has 2 fully saturated rings. The van der Waals surface area contributed by atoms with Crippen LogP contribution in [0, 0.1) is 35.5 Å². The van der Waals surface area contributed by atoms with E-state index >= 15 is 0 Å². The number of unbranched alkanes of at least 4 members (excludes halogenated alkanes) is 1. The molecule has 0 aromatic rings. The summed E-state index contributed by atoms with van der Waals surface area (Å²) >= 11 is 0. The van der Waals surface area contributed by atoms with Crippen molar-refractivity contribution < 1.29 is 38.1 Å². The van der Waals surface area contributed by atoms with Crippen molar-refractivity contribution in [3.63, 3.8) is 0 Å². The summed E-state index contributed by atoms with van der Waals surface area (Å²) in [7, 11) is 0. The lowest BCUT2D eigenvalue weighted by atomic mass is 9.89. The number of rotatable bonds is 13. The van der Waals surface area contributed by atoms with Crippen LogP contribution >= 0.6 is 0 Å². The minimum atomic E-state index is -0.900. The minimum Gasteiger partial charge on any atom is -0.463 e. The molecule has 0 aliphatic heterocycles. The predicted octanol–water partition coefficient (Wildman–Crippen LogP) is 5.09. The van der Waals surface area contributed by atoms with Gasteiger partial charge in [-0.2, -0.15) is 0 Å². The Bertz CT molecular complexity index is 984. The van der Waals surface area contributed by atoms with Crippen molar-refractivity contribution in [2.75, 3.05) is 6.61 Å². The van der Waals surface area contributed by atoms with E-state index in [-0.39, 0.29) is 42.9 Å². The molecule has 2 aliphatic carbocycles. The molecule has 39 heavy (non-hydrogen) atoms. The molecule has 0 spiro atoms. The molecule has 0 aromatic heterocycles. The van der Waals surface area contributed by atoms with E-state index in [2.05, 4.69) is 24.0 Å². The van der Waals surface area contributed by atoms with Crippen LogP contribution in [-0.2, 0) is 38.1 Å². The second kappa shape index (κ2) is 16.1. The van der Waals surface area contributed by atoms with E-state index in [0.717, 1.165) is 25.7 Å². The summed E-state index contributed by atoms with van der Waals surface area (Å²) in [5.74, 6) is 5.17. The van der Waals surface area contributed by atoms with Crippen LogP contribution in [0.1, 0.15) is 86.5 Å². The second-order valence-corrected chi connectivity index (χ2v) is 10.5. The first-order chi connectivity index (χ1) is 18.5. The van der Waals surface area contributed by atoms with Crippen LogP contribution in [0.2, 0.25) is 0 Å². The Kier molecular flexibility index (Phi) is 13.3. The monoisotopic (exact) mass is 544 g/mol. The standard InChI is InChI=1S/C31H44O8/c1-7-9-12-20(3)28(38-22(5)32)16-15-26-27-18-24(17-25(27)19-29(26)39-23(6)33)13-10-11-14-30(34)37-21(4)31(35)36-8-2/h13,15-16,20-21,25-29H,8,10-12,14,17-19H2,1-6H3/b16-15+,24-13-/t20?,21-,25+,26-,27+,28-,29-/m1/s1. The van der Waals surface area contributed by atoms with Gasteiger partial charge in [-0.25, -0.2) is 4.79 Å². The van der Waals surface area contributed by atoms with Crippen molar-refractivity contribution in [3.05, 3.63) is 23.8 Å². The van der Waals surface area contributed by atoms with Gasteiger partial charge in [0.1, 0.15) is 12.2 Å². The Labute approximate surface area is 232 Å². The Morgan fingerprint density at radius 2 is 1.82 bits per heavy atom. The van der Waals surface area contributed by atoms with Gasteiger partial charge in [-0.3, -0.25) is 14.4 Å². The van der Waals surface area contributed by atoms with Crippen molar-refractivity contribution in [2.45, 2.75) is 105 Å². The van der Waals surface area contributed by atoms with E-state index < -0.39 is 24.1 Å². The van der Waals surface area contributed by atoms with Crippen LogP contribution in [0.3, 0.4) is 0 Å². The summed E-state index contributed by atoms with van der Waals surface area (Å²) in [4.78, 5) is 47.2. The van der Waals surface area contributed by atoms with E-state index in [9.17, 15) is 19.2 Å². The van der Waals surface area contributed by atoms with Crippen molar-refractivity contribution in [1.82, 2.24) is 0 Å². The summed E-state index contributed by atoms with van der Waals surface area (Å²) in [5.41, 5.74) is 1.35.